The Kier molecular flexibility index (Phi) is 6.41. The van der Waals surface area contributed by atoms with Gasteiger partial charge in [-0.2, -0.15) is 26.3 Å². The number of hydrogen-bond acceptors (Lipinski definition) is 3. The van der Waals surface area contributed by atoms with Crippen LogP contribution in [0.1, 0.15) is 29.5 Å². The van der Waals surface area contributed by atoms with Gasteiger partial charge in [0, 0.05) is 33.3 Å². The highest BCUT2D eigenvalue weighted by atomic mass is 35.5. The van der Waals surface area contributed by atoms with Crippen LogP contribution in [0.5, 0.6) is 0 Å². The van der Waals surface area contributed by atoms with E-state index in [1.807, 2.05) is 0 Å². The van der Waals surface area contributed by atoms with Crippen molar-refractivity contribution in [1.29, 1.82) is 0 Å². The molecule has 0 aromatic heterocycles. The van der Waals surface area contributed by atoms with Gasteiger partial charge < -0.3 is 10.2 Å². The molecule has 32 heavy (non-hydrogen) atoms. The number of amides is 1. The molecule has 1 amide bonds. The fraction of sp³-hybridized carbons (Fsp3) is 0.300. The van der Waals surface area contributed by atoms with Crippen LogP contribution in [0, 0.1) is 6.92 Å². The van der Waals surface area contributed by atoms with E-state index >= 15 is 0 Å². The highest BCUT2D eigenvalue weighted by Crippen LogP contribution is 2.49. The van der Waals surface area contributed by atoms with Gasteiger partial charge in [-0.25, -0.2) is 0 Å². The Hall–Kier alpha value is -2.46. The van der Waals surface area contributed by atoms with E-state index in [4.69, 9.17) is 28.0 Å². The van der Waals surface area contributed by atoms with Gasteiger partial charge in [0.1, 0.15) is 6.42 Å². The maximum absolute atomic E-state index is 14.1. The largest absolute Gasteiger partial charge is 0.435 e. The summed E-state index contributed by atoms with van der Waals surface area (Å²) in [5.74, 6) is -1.31. The van der Waals surface area contributed by atoms with Gasteiger partial charge in [0.25, 0.3) is 5.60 Å². The molecular weight excluding hydrogens is 485 g/mol. The molecule has 1 unspecified atom stereocenters. The molecule has 1 heterocycles. The van der Waals surface area contributed by atoms with Gasteiger partial charge >= 0.3 is 12.4 Å². The monoisotopic (exact) mass is 498 g/mol. The molecular formula is C20H14Cl2F6N2O2. The lowest BCUT2D eigenvalue weighted by molar-refractivity contribution is -0.275. The number of halogens is 8. The Bertz CT molecular complexity index is 1060. The van der Waals surface area contributed by atoms with Gasteiger partial charge in [-0.15, -0.1) is 0 Å². The minimum absolute atomic E-state index is 0.0211. The number of nitrogens with one attached hydrogen (secondary N) is 1. The predicted molar refractivity (Wildman–Crippen MR) is 107 cm³/mol. The molecule has 1 atom stereocenters. The first-order valence-electron chi connectivity index (χ1n) is 8.95. The Morgan fingerprint density at radius 1 is 1.06 bits per heavy atom. The first-order valence-corrected chi connectivity index (χ1v) is 9.71. The van der Waals surface area contributed by atoms with Crippen molar-refractivity contribution in [3.05, 3.63) is 63.1 Å². The van der Waals surface area contributed by atoms with Gasteiger partial charge in [-0.3, -0.25) is 4.79 Å². The molecule has 3 rings (SSSR count). The van der Waals surface area contributed by atoms with Crippen LogP contribution >= 0.6 is 23.2 Å². The minimum atomic E-state index is -4.90. The molecule has 0 radical (unpaired) electrons. The van der Waals surface area contributed by atoms with E-state index in [1.54, 1.807) is 6.92 Å². The fourth-order valence-electron chi connectivity index (χ4n) is 3.25. The van der Waals surface area contributed by atoms with Crippen molar-refractivity contribution in [3.63, 3.8) is 0 Å². The van der Waals surface area contributed by atoms with Crippen molar-refractivity contribution >= 4 is 40.5 Å². The number of carbonyl (C=O) groups excluding carboxylic acids is 1. The predicted octanol–water partition coefficient (Wildman–Crippen LogP) is 6.77. The number of anilines is 1. The summed E-state index contributed by atoms with van der Waals surface area (Å²) in [7, 11) is 0. The van der Waals surface area contributed by atoms with Crippen LogP contribution in [0.3, 0.4) is 0 Å². The van der Waals surface area contributed by atoms with E-state index in [0.29, 0.717) is 5.56 Å². The van der Waals surface area contributed by atoms with E-state index in [-0.39, 0.29) is 32.6 Å². The van der Waals surface area contributed by atoms with Crippen LogP contribution in [0.4, 0.5) is 32.0 Å². The van der Waals surface area contributed by atoms with Crippen LogP contribution in [0.2, 0.25) is 10.0 Å². The van der Waals surface area contributed by atoms with Crippen LogP contribution in [-0.2, 0) is 15.2 Å². The third-order valence-electron chi connectivity index (χ3n) is 4.57. The maximum Gasteiger partial charge on any atom is 0.435 e. The van der Waals surface area contributed by atoms with Gasteiger partial charge in [0.2, 0.25) is 5.91 Å². The van der Waals surface area contributed by atoms with Crippen molar-refractivity contribution < 1.29 is 36.0 Å². The number of aryl methyl sites for hydroxylation is 1. The van der Waals surface area contributed by atoms with Crippen LogP contribution < -0.4 is 5.32 Å². The zero-order valence-corrected chi connectivity index (χ0v) is 17.7. The van der Waals surface area contributed by atoms with Crippen molar-refractivity contribution in [2.24, 2.45) is 5.16 Å². The number of hydrogen-bond donors (Lipinski definition) is 1. The number of rotatable bonds is 4. The molecule has 1 aliphatic heterocycles. The Morgan fingerprint density at radius 3 is 2.25 bits per heavy atom. The number of nitrogens with zero attached hydrogens (tertiary/aromatic N) is 1. The zero-order valence-electron chi connectivity index (χ0n) is 16.2. The van der Waals surface area contributed by atoms with Gasteiger partial charge in [-0.1, -0.05) is 28.4 Å². The maximum atomic E-state index is 14.1. The molecule has 0 bridgehead atoms. The van der Waals surface area contributed by atoms with E-state index in [2.05, 4.69) is 10.5 Å². The quantitative estimate of drug-likeness (QED) is 0.472. The summed E-state index contributed by atoms with van der Waals surface area (Å²) in [5, 5.41) is 5.63. The SMILES string of the molecule is Cc1cc(NC(=O)CC(F)(F)F)cc(C2=NOC(c3cc(Cl)cc(Cl)c3)(C(F)(F)F)C2)c1. The van der Waals surface area contributed by atoms with Gasteiger partial charge in [-0.05, 0) is 48.9 Å². The highest BCUT2D eigenvalue weighted by molar-refractivity contribution is 6.34. The van der Waals surface area contributed by atoms with Crippen molar-refractivity contribution in [2.45, 2.75) is 37.7 Å². The van der Waals surface area contributed by atoms with E-state index in [9.17, 15) is 31.1 Å². The molecule has 12 heteroatoms. The number of benzene rings is 2. The molecule has 0 aliphatic carbocycles. The molecule has 1 aliphatic rings. The minimum Gasteiger partial charge on any atom is -0.374 e. The molecule has 172 valence electrons. The summed E-state index contributed by atoms with van der Waals surface area (Å²) < 4.78 is 79.5. The molecule has 2 aromatic rings. The topological polar surface area (TPSA) is 50.7 Å². The smallest absolute Gasteiger partial charge is 0.374 e. The Balaban J connectivity index is 1.93. The van der Waals surface area contributed by atoms with Crippen molar-refractivity contribution in [2.75, 3.05) is 5.32 Å². The first-order chi connectivity index (χ1) is 14.7. The van der Waals surface area contributed by atoms with Gasteiger partial charge in [0.15, 0.2) is 0 Å². The summed E-state index contributed by atoms with van der Waals surface area (Å²) in [6.07, 6.45) is -12.1. The van der Waals surface area contributed by atoms with Crippen LogP contribution in [0.25, 0.3) is 0 Å². The van der Waals surface area contributed by atoms with Crippen LogP contribution in [-0.4, -0.2) is 24.0 Å². The summed E-state index contributed by atoms with van der Waals surface area (Å²) in [6, 6.07) is 7.47. The molecule has 1 N–H and O–H groups in total. The third-order valence-corrected chi connectivity index (χ3v) is 5.01. The van der Waals surface area contributed by atoms with E-state index < -0.39 is 36.7 Å². The average Bonchev–Trinajstić information content (AvgIpc) is 3.05. The molecule has 0 saturated carbocycles. The summed E-state index contributed by atoms with van der Waals surface area (Å²) >= 11 is 11.7. The fourth-order valence-corrected chi connectivity index (χ4v) is 3.78. The van der Waals surface area contributed by atoms with Gasteiger partial charge in [0.05, 0.1) is 5.71 Å². The first kappa shape index (κ1) is 24.2. The highest BCUT2D eigenvalue weighted by Gasteiger charge is 2.62. The second kappa shape index (κ2) is 8.47. The number of alkyl halides is 6. The lowest BCUT2D eigenvalue weighted by Gasteiger charge is -2.29. The second-order valence-electron chi connectivity index (χ2n) is 7.22. The lowest BCUT2D eigenvalue weighted by atomic mass is 9.86. The molecule has 2 aromatic carbocycles. The number of carbonyl (C=O) groups is 1. The van der Waals surface area contributed by atoms with E-state index in [0.717, 1.165) is 12.1 Å². The molecule has 0 saturated heterocycles. The zero-order chi connectivity index (χ0) is 23.9. The summed E-state index contributed by atoms with van der Waals surface area (Å²) in [6.45, 7) is 1.56. The molecule has 0 spiro atoms. The third kappa shape index (κ3) is 5.29. The summed E-state index contributed by atoms with van der Waals surface area (Å²) in [4.78, 5) is 16.5. The van der Waals surface area contributed by atoms with Crippen LogP contribution in [0.15, 0.2) is 41.6 Å². The molecule has 0 fully saturated rings. The van der Waals surface area contributed by atoms with Crippen molar-refractivity contribution in [3.8, 4) is 0 Å². The Labute approximate surface area is 188 Å². The van der Waals surface area contributed by atoms with E-state index in [1.165, 1.54) is 24.3 Å². The summed E-state index contributed by atoms with van der Waals surface area (Å²) in [5.41, 5.74) is -2.73. The standard InChI is InChI=1S/C20H14Cl2F6N2O2/c1-10-2-11(4-15(3-10)29-17(31)9-19(23,24)25)16-8-18(32-30-16,20(26,27)28)12-5-13(21)7-14(22)6-12/h2-7H,8-9H2,1H3,(H,29,31). The number of oxime groups is 1. The average molecular weight is 499 g/mol. The Morgan fingerprint density at radius 2 is 1.69 bits per heavy atom. The second-order valence-corrected chi connectivity index (χ2v) is 8.09. The normalized spacial score (nSPS) is 18.8. The lowest BCUT2D eigenvalue weighted by Crippen LogP contribution is -2.42. The molecule has 4 nitrogen and oxygen atoms in total. The van der Waals surface area contributed by atoms with Crippen molar-refractivity contribution in [1.82, 2.24) is 0 Å².